The molecule has 9 aromatic rings. The highest BCUT2D eigenvalue weighted by Gasteiger charge is 2.58. The Balaban J connectivity index is 1.23. The fourth-order valence-corrected chi connectivity index (χ4v) is 17.1. The van der Waals surface area contributed by atoms with E-state index in [0.29, 0.717) is 0 Å². The van der Waals surface area contributed by atoms with Crippen LogP contribution in [-0.4, -0.2) is 28.0 Å². The predicted octanol–water partition coefficient (Wildman–Crippen LogP) is 13.8. The number of anilines is 2. The van der Waals surface area contributed by atoms with Crippen LogP contribution < -0.4 is 20.5 Å². The topological polar surface area (TPSA) is 34.0 Å². The molecule has 2 aromatic heterocycles. The molecule has 1 saturated carbocycles. The molecule has 0 amide bonds. The molecule has 11 rings (SSSR count). The first-order chi connectivity index (χ1) is 32.2. The lowest BCUT2D eigenvalue weighted by molar-refractivity contribution is 0.195. The van der Waals surface area contributed by atoms with Crippen LogP contribution in [0, 0.1) is 0 Å². The summed E-state index contributed by atoms with van der Waals surface area (Å²) in [5.41, 5.74) is 13.7. The van der Waals surface area contributed by atoms with Crippen LogP contribution in [0.3, 0.4) is 0 Å². The Morgan fingerprint density at radius 2 is 1.07 bits per heavy atom. The van der Waals surface area contributed by atoms with Gasteiger partial charge in [-0.1, -0.05) is 189 Å². The van der Waals surface area contributed by atoms with Crippen molar-refractivity contribution in [3.05, 3.63) is 199 Å². The Morgan fingerprint density at radius 1 is 0.493 bits per heavy atom. The van der Waals surface area contributed by atoms with Gasteiger partial charge < -0.3 is 9.13 Å². The molecule has 2 aliphatic rings. The van der Waals surface area contributed by atoms with Gasteiger partial charge in [-0.2, -0.15) is 0 Å². The van der Waals surface area contributed by atoms with Crippen LogP contribution in [0.25, 0.3) is 44.1 Å². The molecule has 7 aromatic carbocycles. The van der Waals surface area contributed by atoms with Gasteiger partial charge in [0.05, 0.1) is 5.54 Å². The summed E-state index contributed by atoms with van der Waals surface area (Å²) < 4.78 is 2.84. The Hall–Kier alpha value is -6.56. The molecule has 1 aliphatic carbocycles. The average molecular weight is 891 g/mol. The van der Waals surface area contributed by atoms with Gasteiger partial charge in [0.25, 0.3) is 8.24 Å². The second-order valence-corrected chi connectivity index (χ2v) is 25.5. The highest BCUT2D eigenvalue weighted by atomic mass is 28.3. The second kappa shape index (κ2) is 15.8. The molecule has 3 heterocycles. The number of hydrogen-bond donors (Lipinski definition) is 0. The van der Waals surface area contributed by atoms with E-state index in [1.54, 1.807) is 6.33 Å². The SMILES string of the molecule is CC(C)(C)c1cccc([Si](c2cccc(-c3ccccc3)c2)(c2cccc(C(C)(C)C)c2)n2c3ccccc3c3cc(N4c5ccc(-c6cncnc6)cc5C5(C)CCCCC45C)ccc32)c1. The standard InChI is InChI=1S/C62H62N4Si/c1-59(2,3)47-22-17-25-51(37-47)67(52-26-18-23-48(38-52)60(4,5)6,50-24-16-21-44(35-50)43-19-10-9-11-20-43)66-56-28-13-12-27-53(56)54-39-49(30-32-57(54)66)65-58-31-29-45(46-40-63-42-64-41-46)36-55(58)61(7)33-14-15-34-62(61,65)8/h9-13,16-32,35-42H,14-15,33-34H2,1-8H3. The smallest absolute Gasteiger partial charge is 0.257 e. The van der Waals surface area contributed by atoms with Gasteiger partial charge in [0, 0.05) is 56.6 Å². The lowest BCUT2D eigenvalue weighted by atomic mass is 9.61. The Labute approximate surface area is 398 Å². The maximum atomic E-state index is 4.39. The zero-order valence-corrected chi connectivity index (χ0v) is 41.4. The lowest BCUT2D eigenvalue weighted by Gasteiger charge is -2.50. The van der Waals surface area contributed by atoms with Crippen molar-refractivity contribution in [1.29, 1.82) is 0 Å². The largest absolute Gasteiger partial charge is 0.355 e. The molecular weight excluding hydrogens is 829 g/mol. The summed E-state index contributed by atoms with van der Waals surface area (Å²) in [5.74, 6) is 0. The van der Waals surface area contributed by atoms with Crippen molar-refractivity contribution in [1.82, 2.24) is 14.2 Å². The van der Waals surface area contributed by atoms with Crippen molar-refractivity contribution in [2.75, 3.05) is 4.90 Å². The third-order valence-electron chi connectivity index (χ3n) is 15.9. The van der Waals surface area contributed by atoms with E-state index < -0.39 is 8.24 Å². The number of aromatic nitrogens is 3. The van der Waals surface area contributed by atoms with Crippen LogP contribution >= 0.6 is 0 Å². The second-order valence-electron chi connectivity index (χ2n) is 21.9. The van der Waals surface area contributed by atoms with E-state index in [0.717, 1.165) is 18.4 Å². The first-order valence-electron chi connectivity index (χ1n) is 24.3. The summed E-state index contributed by atoms with van der Waals surface area (Å²) in [7, 11) is -3.27. The molecule has 334 valence electrons. The van der Waals surface area contributed by atoms with Crippen molar-refractivity contribution in [3.63, 3.8) is 0 Å². The minimum absolute atomic E-state index is 0.0306. The van der Waals surface area contributed by atoms with Gasteiger partial charge in [-0.15, -0.1) is 0 Å². The summed E-state index contributed by atoms with van der Waals surface area (Å²) in [6.07, 6.45) is 10.2. The number of nitrogens with zero attached hydrogens (tertiary/aromatic N) is 4. The molecule has 2 atom stereocenters. The lowest BCUT2D eigenvalue weighted by Crippen LogP contribution is -2.72. The van der Waals surface area contributed by atoms with Gasteiger partial charge >= 0.3 is 0 Å². The monoisotopic (exact) mass is 890 g/mol. The number of rotatable bonds is 7. The van der Waals surface area contributed by atoms with Crippen LogP contribution in [0.1, 0.15) is 97.8 Å². The summed E-state index contributed by atoms with van der Waals surface area (Å²) >= 11 is 0. The number of fused-ring (bicyclic) bond motifs is 6. The first kappa shape index (κ1) is 43.0. The Morgan fingerprint density at radius 3 is 1.76 bits per heavy atom. The quantitative estimate of drug-likeness (QED) is 0.118. The fourth-order valence-electron chi connectivity index (χ4n) is 12.1. The summed E-state index contributed by atoms with van der Waals surface area (Å²) in [4.78, 5) is 11.5. The maximum absolute atomic E-state index is 4.39. The van der Waals surface area contributed by atoms with E-state index >= 15 is 0 Å². The molecule has 1 fully saturated rings. The van der Waals surface area contributed by atoms with E-state index in [1.165, 1.54) is 95.0 Å². The third-order valence-corrected chi connectivity index (χ3v) is 20.5. The van der Waals surface area contributed by atoms with Crippen molar-refractivity contribution in [3.8, 4) is 22.3 Å². The van der Waals surface area contributed by atoms with E-state index in [9.17, 15) is 0 Å². The first-order valence-corrected chi connectivity index (χ1v) is 26.3. The third kappa shape index (κ3) is 6.75. The minimum Gasteiger partial charge on any atom is -0.355 e. The van der Waals surface area contributed by atoms with Gasteiger partial charge in [0.15, 0.2) is 0 Å². The average Bonchev–Trinajstić information content (AvgIpc) is 3.77. The molecule has 0 bridgehead atoms. The Kier molecular flexibility index (Phi) is 10.1. The van der Waals surface area contributed by atoms with Crippen LogP contribution in [0.5, 0.6) is 0 Å². The molecule has 0 N–H and O–H groups in total. The van der Waals surface area contributed by atoms with Gasteiger partial charge in [-0.25, -0.2) is 9.97 Å². The van der Waals surface area contributed by atoms with Crippen LogP contribution in [0.4, 0.5) is 11.4 Å². The molecule has 0 saturated heterocycles. The van der Waals surface area contributed by atoms with Crippen LogP contribution in [0.15, 0.2) is 183 Å². The molecule has 0 spiro atoms. The molecule has 5 heteroatoms. The zero-order valence-electron chi connectivity index (χ0n) is 40.4. The highest BCUT2D eigenvalue weighted by molar-refractivity contribution is 7.11. The fraction of sp³-hybridized carbons (Fsp3) is 0.258. The highest BCUT2D eigenvalue weighted by Crippen LogP contribution is 2.61. The molecule has 4 nitrogen and oxygen atoms in total. The van der Waals surface area contributed by atoms with Crippen LogP contribution in [-0.2, 0) is 16.2 Å². The summed E-state index contributed by atoms with van der Waals surface area (Å²) in [6, 6.07) is 63.6. The van der Waals surface area contributed by atoms with Gasteiger partial charge in [-0.05, 0) is 116 Å². The molecule has 1 aliphatic heterocycles. The van der Waals surface area contributed by atoms with Gasteiger partial charge in [0.2, 0.25) is 0 Å². The van der Waals surface area contributed by atoms with Gasteiger partial charge in [-0.3, -0.25) is 0 Å². The van der Waals surface area contributed by atoms with E-state index in [2.05, 4.69) is 238 Å². The molecular formula is C62H62N4Si. The normalized spacial score (nSPS) is 18.6. The van der Waals surface area contributed by atoms with Crippen molar-refractivity contribution in [2.24, 2.45) is 0 Å². The maximum Gasteiger partial charge on any atom is 0.257 e. The number of benzene rings is 7. The van der Waals surface area contributed by atoms with E-state index in [4.69, 9.17) is 0 Å². The van der Waals surface area contributed by atoms with E-state index in [-0.39, 0.29) is 21.8 Å². The van der Waals surface area contributed by atoms with Crippen molar-refractivity contribution >= 4 is 57.0 Å². The predicted molar refractivity (Wildman–Crippen MR) is 285 cm³/mol. The molecule has 67 heavy (non-hydrogen) atoms. The van der Waals surface area contributed by atoms with Crippen molar-refractivity contribution in [2.45, 2.75) is 103 Å². The summed E-state index contributed by atoms with van der Waals surface area (Å²) in [6.45, 7) is 19.1. The van der Waals surface area contributed by atoms with Crippen LogP contribution in [0.2, 0.25) is 0 Å². The van der Waals surface area contributed by atoms with Gasteiger partial charge in [0.1, 0.15) is 6.33 Å². The minimum atomic E-state index is -3.27. The molecule has 0 radical (unpaired) electrons. The zero-order chi connectivity index (χ0) is 46.3. The summed E-state index contributed by atoms with van der Waals surface area (Å²) in [5, 5.41) is 6.68. The number of hydrogen-bond acceptors (Lipinski definition) is 3. The van der Waals surface area contributed by atoms with E-state index in [1.807, 2.05) is 12.4 Å². The Bertz CT molecular complexity index is 3260. The van der Waals surface area contributed by atoms with Crippen molar-refractivity contribution < 1.29 is 0 Å². The number of para-hydroxylation sites is 1. The molecule has 2 unspecified atom stereocenters.